The SMILES string of the molecule is Nc1nnc(/C=C/c2ccc(OCc3ccc([N+](=O)[O-])cc3)cc2)o1. The van der Waals surface area contributed by atoms with Crippen molar-refractivity contribution in [1.82, 2.24) is 10.2 Å². The first kappa shape index (κ1) is 16.2. The lowest BCUT2D eigenvalue weighted by atomic mass is 10.2. The Balaban J connectivity index is 1.57. The van der Waals surface area contributed by atoms with E-state index in [4.69, 9.17) is 14.9 Å². The summed E-state index contributed by atoms with van der Waals surface area (Å²) >= 11 is 0. The molecule has 1 aromatic heterocycles. The van der Waals surface area contributed by atoms with Gasteiger partial charge in [0.2, 0.25) is 5.89 Å². The van der Waals surface area contributed by atoms with Crippen molar-refractivity contribution in [3.63, 3.8) is 0 Å². The lowest BCUT2D eigenvalue weighted by molar-refractivity contribution is -0.384. The van der Waals surface area contributed by atoms with Crippen LogP contribution in [0.3, 0.4) is 0 Å². The van der Waals surface area contributed by atoms with Crippen molar-refractivity contribution in [2.45, 2.75) is 6.61 Å². The van der Waals surface area contributed by atoms with Crippen molar-refractivity contribution < 1.29 is 14.1 Å². The van der Waals surface area contributed by atoms with Crippen molar-refractivity contribution in [2.75, 3.05) is 5.73 Å². The number of hydrogen-bond acceptors (Lipinski definition) is 7. The molecule has 0 amide bonds. The number of nitrogen functional groups attached to an aromatic ring is 1. The molecule has 0 radical (unpaired) electrons. The Labute approximate surface area is 142 Å². The second kappa shape index (κ2) is 7.26. The fraction of sp³-hybridized carbons (Fsp3) is 0.0588. The average Bonchev–Trinajstić information content (AvgIpc) is 3.05. The molecule has 0 fully saturated rings. The molecule has 0 aliphatic rings. The molecule has 8 heteroatoms. The van der Waals surface area contributed by atoms with Gasteiger partial charge in [-0.15, -0.1) is 5.10 Å². The number of nitro groups is 1. The number of benzene rings is 2. The zero-order valence-corrected chi connectivity index (χ0v) is 13.0. The number of nitro benzene ring substituents is 1. The van der Waals surface area contributed by atoms with Crippen LogP contribution in [0.15, 0.2) is 52.9 Å². The first-order valence-electron chi connectivity index (χ1n) is 7.33. The highest BCUT2D eigenvalue weighted by Gasteiger charge is 2.04. The van der Waals surface area contributed by atoms with Gasteiger partial charge >= 0.3 is 6.01 Å². The molecule has 3 rings (SSSR count). The van der Waals surface area contributed by atoms with Gasteiger partial charge in [0.15, 0.2) is 0 Å². The molecule has 8 nitrogen and oxygen atoms in total. The van der Waals surface area contributed by atoms with Gasteiger partial charge in [0, 0.05) is 18.2 Å². The minimum absolute atomic E-state index is 0.0228. The largest absolute Gasteiger partial charge is 0.489 e. The summed E-state index contributed by atoms with van der Waals surface area (Å²) in [5.41, 5.74) is 7.19. The molecule has 0 bridgehead atoms. The molecule has 0 atom stereocenters. The molecule has 0 aliphatic carbocycles. The van der Waals surface area contributed by atoms with Crippen LogP contribution in [-0.4, -0.2) is 15.1 Å². The molecular formula is C17H14N4O4. The lowest BCUT2D eigenvalue weighted by Gasteiger charge is -2.06. The van der Waals surface area contributed by atoms with E-state index in [-0.39, 0.29) is 11.7 Å². The van der Waals surface area contributed by atoms with Crippen LogP contribution in [0.5, 0.6) is 5.75 Å². The van der Waals surface area contributed by atoms with E-state index in [0.717, 1.165) is 11.1 Å². The van der Waals surface area contributed by atoms with Crippen LogP contribution in [0.2, 0.25) is 0 Å². The van der Waals surface area contributed by atoms with E-state index in [1.807, 2.05) is 30.3 Å². The average molecular weight is 338 g/mol. The minimum Gasteiger partial charge on any atom is -0.489 e. The molecule has 1 heterocycles. The number of hydrogen-bond donors (Lipinski definition) is 1. The first-order chi connectivity index (χ1) is 12.1. The third-order valence-corrected chi connectivity index (χ3v) is 3.31. The lowest BCUT2D eigenvalue weighted by Crippen LogP contribution is -1.96. The molecule has 0 spiro atoms. The molecule has 25 heavy (non-hydrogen) atoms. The first-order valence-corrected chi connectivity index (χ1v) is 7.33. The number of rotatable bonds is 6. The van der Waals surface area contributed by atoms with Crippen molar-refractivity contribution in [1.29, 1.82) is 0 Å². The Kier molecular flexibility index (Phi) is 4.70. The molecule has 0 saturated carbocycles. The van der Waals surface area contributed by atoms with E-state index in [1.165, 1.54) is 12.1 Å². The molecule has 126 valence electrons. The summed E-state index contributed by atoms with van der Waals surface area (Å²) in [6.45, 7) is 0.328. The van der Waals surface area contributed by atoms with E-state index in [9.17, 15) is 10.1 Å². The number of anilines is 1. The molecule has 3 aromatic rings. The van der Waals surface area contributed by atoms with Crippen LogP contribution in [-0.2, 0) is 6.61 Å². The summed E-state index contributed by atoms with van der Waals surface area (Å²) < 4.78 is 10.7. The highest BCUT2D eigenvalue weighted by molar-refractivity contribution is 5.66. The summed E-state index contributed by atoms with van der Waals surface area (Å²) in [7, 11) is 0. The number of aromatic nitrogens is 2. The van der Waals surface area contributed by atoms with Gasteiger partial charge in [0.25, 0.3) is 5.69 Å². The monoisotopic (exact) mass is 338 g/mol. The van der Waals surface area contributed by atoms with Crippen LogP contribution < -0.4 is 10.5 Å². The van der Waals surface area contributed by atoms with Gasteiger partial charge in [-0.1, -0.05) is 17.2 Å². The van der Waals surface area contributed by atoms with Crippen molar-refractivity contribution >= 4 is 23.9 Å². The van der Waals surface area contributed by atoms with Gasteiger partial charge < -0.3 is 14.9 Å². The smallest absolute Gasteiger partial charge is 0.313 e. The third-order valence-electron chi connectivity index (χ3n) is 3.31. The zero-order chi connectivity index (χ0) is 17.6. The second-order valence-corrected chi connectivity index (χ2v) is 5.09. The van der Waals surface area contributed by atoms with Gasteiger partial charge in [-0.2, -0.15) is 0 Å². The van der Waals surface area contributed by atoms with E-state index in [2.05, 4.69) is 10.2 Å². The highest BCUT2D eigenvalue weighted by atomic mass is 16.6. The molecular weight excluding hydrogens is 324 g/mol. The van der Waals surface area contributed by atoms with E-state index in [0.29, 0.717) is 18.2 Å². The molecule has 0 saturated heterocycles. The normalized spacial score (nSPS) is 10.9. The quantitative estimate of drug-likeness (QED) is 0.541. The van der Waals surface area contributed by atoms with Crippen LogP contribution in [0.1, 0.15) is 17.0 Å². The predicted octanol–water partition coefficient (Wildman–Crippen LogP) is 3.31. The standard InChI is InChI=1S/C17H14N4O4/c18-17-20-19-16(25-17)10-5-12-3-8-15(9-4-12)24-11-13-1-6-14(7-2-13)21(22)23/h1-10H,11H2,(H2,18,20)/b10-5+. The number of nitrogens with zero attached hydrogens (tertiary/aromatic N) is 3. The summed E-state index contributed by atoms with van der Waals surface area (Å²) in [6.07, 6.45) is 3.48. The maximum atomic E-state index is 10.6. The fourth-order valence-electron chi connectivity index (χ4n) is 2.04. The Hall–Kier alpha value is -3.68. The summed E-state index contributed by atoms with van der Waals surface area (Å²) in [5.74, 6) is 1.02. The fourth-order valence-corrected chi connectivity index (χ4v) is 2.04. The number of ether oxygens (including phenoxy) is 1. The Morgan fingerprint density at radius 3 is 2.40 bits per heavy atom. The second-order valence-electron chi connectivity index (χ2n) is 5.09. The van der Waals surface area contributed by atoms with Gasteiger partial charge in [0.05, 0.1) is 4.92 Å². The summed E-state index contributed by atoms with van der Waals surface area (Å²) in [4.78, 5) is 10.2. The van der Waals surface area contributed by atoms with Crippen molar-refractivity contribution in [3.05, 3.63) is 75.7 Å². The van der Waals surface area contributed by atoms with Gasteiger partial charge in [-0.3, -0.25) is 10.1 Å². The Morgan fingerprint density at radius 1 is 1.08 bits per heavy atom. The highest BCUT2D eigenvalue weighted by Crippen LogP contribution is 2.17. The maximum absolute atomic E-state index is 10.6. The van der Waals surface area contributed by atoms with E-state index < -0.39 is 4.92 Å². The van der Waals surface area contributed by atoms with E-state index in [1.54, 1.807) is 18.2 Å². The van der Waals surface area contributed by atoms with Crippen LogP contribution in [0, 0.1) is 10.1 Å². The number of non-ortho nitro benzene ring substituents is 1. The zero-order valence-electron chi connectivity index (χ0n) is 13.0. The molecule has 0 aliphatic heterocycles. The van der Waals surface area contributed by atoms with Gasteiger partial charge in [-0.25, -0.2) is 0 Å². The van der Waals surface area contributed by atoms with Crippen molar-refractivity contribution in [3.8, 4) is 5.75 Å². The Bertz CT molecular complexity index is 886. The number of nitrogens with two attached hydrogens (primary N) is 1. The van der Waals surface area contributed by atoms with Gasteiger partial charge in [-0.05, 0) is 41.5 Å². The topological polar surface area (TPSA) is 117 Å². The molecule has 0 unspecified atom stereocenters. The summed E-state index contributed by atoms with van der Waals surface area (Å²) in [6, 6.07) is 13.7. The molecule has 2 aromatic carbocycles. The van der Waals surface area contributed by atoms with Crippen LogP contribution in [0.4, 0.5) is 11.7 Å². The van der Waals surface area contributed by atoms with Crippen LogP contribution >= 0.6 is 0 Å². The van der Waals surface area contributed by atoms with Crippen molar-refractivity contribution in [2.24, 2.45) is 0 Å². The molecule has 2 N–H and O–H groups in total. The summed E-state index contributed by atoms with van der Waals surface area (Å²) in [5, 5.41) is 17.9. The maximum Gasteiger partial charge on any atom is 0.313 e. The third kappa shape index (κ3) is 4.41. The predicted molar refractivity (Wildman–Crippen MR) is 91.5 cm³/mol. The minimum atomic E-state index is -0.431. The van der Waals surface area contributed by atoms with E-state index >= 15 is 0 Å². The van der Waals surface area contributed by atoms with Crippen LogP contribution in [0.25, 0.3) is 12.2 Å². The van der Waals surface area contributed by atoms with Gasteiger partial charge in [0.1, 0.15) is 12.4 Å². The Morgan fingerprint density at radius 2 is 1.80 bits per heavy atom.